The molecule has 4 aromatic rings. The molecule has 1 atom stereocenters. The Hall–Kier alpha value is -2.87. The van der Waals surface area contributed by atoms with Crippen molar-refractivity contribution in [3.8, 4) is 11.4 Å². The van der Waals surface area contributed by atoms with Gasteiger partial charge in [-0.3, -0.25) is 4.79 Å². The lowest BCUT2D eigenvalue weighted by molar-refractivity contribution is 0.122. The van der Waals surface area contributed by atoms with Gasteiger partial charge in [0.25, 0.3) is 5.56 Å². The third kappa shape index (κ3) is 3.37. The highest BCUT2D eigenvalue weighted by atomic mass is 35.5. The largest absolute Gasteiger partial charge is 0.378 e. The summed E-state index contributed by atoms with van der Waals surface area (Å²) in [6, 6.07) is 11.9. The second-order valence-electron chi connectivity index (χ2n) is 8.51. The minimum absolute atomic E-state index is 0.130. The second kappa shape index (κ2) is 7.92. The predicted molar refractivity (Wildman–Crippen MR) is 128 cm³/mol. The molecule has 164 valence electrons. The number of benzene rings is 2. The summed E-state index contributed by atoms with van der Waals surface area (Å²) < 4.78 is 5.47. The van der Waals surface area contributed by atoms with Crippen LogP contribution in [0.3, 0.4) is 0 Å². The second-order valence-corrected chi connectivity index (χ2v) is 8.95. The predicted octanol–water partition coefficient (Wildman–Crippen LogP) is 3.64. The summed E-state index contributed by atoms with van der Waals surface area (Å²) in [6.07, 6.45) is 0.972. The maximum atomic E-state index is 13.3. The molecular formula is C24H24ClN5O2. The van der Waals surface area contributed by atoms with Crippen LogP contribution in [0.4, 0.5) is 5.69 Å². The van der Waals surface area contributed by atoms with Crippen LogP contribution in [0.25, 0.3) is 33.3 Å². The van der Waals surface area contributed by atoms with Gasteiger partial charge in [-0.1, -0.05) is 11.6 Å². The maximum absolute atomic E-state index is 13.3. The first-order valence-corrected chi connectivity index (χ1v) is 11.4. The smallest absolute Gasteiger partial charge is 0.259 e. The topological polar surface area (TPSA) is 86.0 Å². The van der Waals surface area contributed by atoms with Crippen molar-refractivity contribution in [2.45, 2.75) is 12.3 Å². The van der Waals surface area contributed by atoms with Crippen LogP contribution in [-0.2, 0) is 4.74 Å². The molecular weight excluding hydrogens is 426 g/mol. The van der Waals surface area contributed by atoms with Gasteiger partial charge in [-0.25, -0.2) is 4.98 Å². The Balaban J connectivity index is 1.53. The van der Waals surface area contributed by atoms with Gasteiger partial charge < -0.3 is 24.9 Å². The molecule has 0 spiro atoms. The molecule has 2 aliphatic rings. The Morgan fingerprint density at radius 1 is 1.06 bits per heavy atom. The summed E-state index contributed by atoms with van der Waals surface area (Å²) >= 11 is 6.35. The number of halogens is 1. The molecule has 2 aromatic heterocycles. The highest BCUT2D eigenvalue weighted by Crippen LogP contribution is 2.36. The molecule has 0 bridgehead atoms. The van der Waals surface area contributed by atoms with E-state index in [1.165, 1.54) is 0 Å². The first kappa shape index (κ1) is 19.8. The standard InChI is InChI=1S/C24H24ClN5O2/c25-15-1-3-18-17(11-15)21(14-5-6-26-13-14)22(24(31)29-18)23-27-19-4-2-16(12-20(19)28-23)30-7-9-32-10-8-30/h1-4,11-12,14,26H,5-10,13H2,(H,27,28)(H,29,31). The average Bonchev–Trinajstić information content (AvgIpc) is 3.48. The molecule has 0 saturated carbocycles. The molecule has 7 nitrogen and oxygen atoms in total. The van der Waals surface area contributed by atoms with E-state index in [4.69, 9.17) is 21.3 Å². The summed E-state index contributed by atoms with van der Waals surface area (Å²) in [4.78, 5) is 26.9. The highest BCUT2D eigenvalue weighted by Gasteiger charge is 2.27. The van der Waals surface area contributed by atoms with Crippen molar-refractivity contribution in [2.24, 2.45) is 0 Å². The highest BCUT2D eigenvalue weighted by molar-refractivity contribution is 6.31. The van der Waals surface area contributed by atoms with Crippen LogP contribution < -0.4 is 15.8 Å². The van der Waals surface area contributed by atoms with Crippen molar-refractivity contribution in [2.75, 3.05) is 44.3 Å². The first-order valence-electron chi connectivity index (χ1n) is 11.1. The van der Waals surface area contributed by atoms with Gasteiger partial charge in [0.15, 0.2) is 0 Å². The number of imidazole rings is 1. The molecule has 3 N–H and O–H groups in total. The van der Waals surface area contributed by atoms with Crippen LogP contribution >= 0.6 is 11.6 Å². The van der Waals surface area contributed by atoms with Crippen molar-refractivity contribution < 1.29 is 4.74 Å². The molecule has 8 heteroatoms. The van der Waals surface area contributed by atoms with Crippen LogP contribution in [0.2, 0.25) is 5.02 Å². The number of hydrogen-bond donors (Lipinski definition) is 3. The fraction of sp³-hybridized carbons (Fsp3) is 0.333. The van der Waals surface area contributed by atoms with E-state index in [0.29, 0.717) is 16.4 Å². The van der Waals surface area contributed by atoms with Crippen LogP contribution in [0.15, 0.2) is 41.2 Å². The lowest BCUT2D eigenvalue weighted by Gasteiger charge is -2.28. The van der Waals surface area contributed by atoms with E-state index in [1.807, 2.05) is 24.3 Å². The molecule has 4 heterocycles. The van der Waals surface area contributed by atoms with Crippen molar-refractivity contribution in [3.05, 3.63) is 57.3 Å². The first-order chi connectivity index (χ1) is 15.7. The van der Waals surface area contributed by atoms with Gasteiger partial charge in [0, 0.05) is 41.2 Å². The maximum Gasteiger partial charge on any atom is 0.259 e. The molecule has 32 heavy (non-hydrogen) atoms. The van der Waals surface area contributed by atoms with Crippen LogP contribution in [0.5, 0.6) is 0 Å². The third-order valence-corrected chi connectivity index (χ3v) is 6.80. The van der Waals surface area contributed by atoms with E-state index in [9.17, 15) is 4.79 Å². The number of hydrogen-bond acceptors (Lipinski definition) is 5. The number of ether oxygens (including phenoxy) is 1. The number of aromatic nitrogens is 3. The number of nitrogens with zero attached hydrogens (tertiary/aromatic N) is 2. The van der Waals surface area contributed by atoms with Crippen molar-refractivity contribution in [1.29, 1.82) is 0 Å². The van der Waals surface area contributed by atoms with E-state index < -0.39 is 0 Å². The Kier molecular flexibility index (Phi) is 4.90. The fourth-order valence-electron chi connectivity index (χ4n) is 4.98. The van der Waals surface area contributed by atoms with E-state index in [-0.39, 0.29) is 11.5 Å². The molecule has 0 amide bonds. The molecule has 6 rings (SSSR count). The van der Waals surface area contributed by atoms with Crippen LogP contribution in [0.1, 0.15) is 17.9 Å². The zero-order valence-electron chi connectivity index (χ0n) is 17.6. The van der Waals surface area contributed by atoms with Gasteiger partial charge in [0.2, 0.25) is 0 Å². The Bertz CT molecular complexity index is 1370. The van der Waals surface area contributed by atoms with E-state index in [0.717, 1.165) is 79.0 Å². The summed E-state index contributed by atoms with van der Waals surface area (Å²) in [5, 5.41) is 5.06. The monoisotopic (exact) mass is 449 g/mol. The molecule has 2 aromatic carbocycles. The number of aromatic amines is 2. The number of pyridine rings is 1. The number of fused-ring (bicyclic) bond motifs is 2. The molecule has 2 fully saturated rings. The van der Waals surface area contributed by atoms with Gasteiger partial charge >= 0.3 is 0 Å². The summed E-state index contributed by atoms with van der Waals surface area (Å²) in [7, 11) is 0. The molecule has 0 radical (unpaired) electrons. The van der Waals surface area contributed by atoms with Crippen molar-refractivity contribution >= 4 is 39.2 Å². The van der Waals surface area contributed by atoms with Gasteiger partial charge in [-0.05, 0) is 60.8 Å². The number of rotatable bonds is 3. The van der Waals surface area contributed by atoms with Crippen molar-refractivity contribution in [1.82, 2.24) is 20.3 Å². The Labute approximate surface area is 189 Å². The normalized spacial score (nSPS) is 19.3. The molecule has 1 unspecified atom stereocenters. The zero-order valence-corrected chi connectivity index (χ0v) is 18.3. The zero-order chi connectivity index (χ0) is 21.7. The molecule has 2 aliphatic heterocycles. The SMILES string of the molecule is O=c1[nH]c2ccc(Cl)cc2c(C2CCNC2)c1-c1nc2ccc(N3CCOCC3)cc2[nH]1. The van der Waals surface area contributed by atoms with Gasteiger partial charge in [0.05, 0.1) is 29.8 Å². The quantitative estimate of drug-likeness (QED) is 0.444. The van der Waals surface area contributed by atoms with E-state index >= 15 is 0 Å². The number of H-pyrrole nitrogens is 2. The minimum atomic E-state index is -0.130. The average molecular weight is 450 g/mol. The number of morpholine rings is 1. The fourth-order valence-corrected chi connectivity index (χ4v) is 5.16. The Morgan fingerprint density at radius 2 is 1.94 bits per heavy atom. The van der Waals surface area contributed by atoms with Gasteiger partial charge in [0.1, 0.15) is 5.82 Å². The Morgan fingerprint density at radius 3 is 2.75 bits per heavy atom. The summed E-state index contributed by atoms with van der Waals surface area (Å²) in [5.74, 6) is 0.828. The number of nitrogens with one attached hydrogen (secondary N) is 3. The van der Waals surface area contributed by atoms with Gasteiger partial charge in [-0.2, -0.15) is 0 Å². The van der Waals surface area contributed by atoms with Crippen LogP contribution in [-0.4, -0.2) is 54.3 Å². The number of anilines is 1. The van der Waals surface area contributed by atoms with E-state index in [2.05, 4.69) is 32.3 Å². The summed E-state index contributed by atoms with van der Waals surface area (Å²) in [5.41, 5.74) is 5.20. The minimum Gasteiger partial charge on any atom is -0.378 e. The van der Waals surface area contributed by atoms with E-state index in [1.54, 1.807) is 0 Å². The lowest BCUT2D eigenvalue weighted by atomic mass is 9.90. The summed E-state index contributed by atoms with van der Waals surface area (Å²) in [6.45, 7) is 4.98. The van der Waals surface area contributed by atoms with Crippen molar-refractivity contribution in [3.63, 3.8) is 0 Å². The molecule has 2 saturated heterocycles. The lowest BCUT2D eigenvalue weighted by Crippen LogP contribution is -2.36. The molecule has 0 aliphatic carbocycles. The van der Waals surface area contributed by atoms with Gasteiger partial charge in [-0.15, -0.1) is 0 Å². The van der Waals surface area contributed by atoms with Crippen LogP contribution in [0, 0.1) is 0 Å². The third-order valence-electron chi connectivity index (χ3n) is 6.56.